The second kappa shape index (κ2) is 7.42. The van der Waals surface area contributed by atoms with Gasteiger partial charge >= 0.3 is 0 Å². The number of benzene rings is 3. The highest BCUT2D eigenvalue weighted by Gasteiger charge is 2.10. The molecule has 1 aromatic heterocycles. The van der Waals surface area contributed by atoms with Crippen LogP contribution in [-0.4, -0.2) is 10.9 Å². The van der Waals surface area contributed by atoms with E-state index in [2.05, 4.69) is 53.6 Å². The molecule has 132 valence electrons. The van der Waals surface area contributed by atoms with Crippen LogP contribution in [0.15, 0.2) is 85.2 Å². The summed E-state index contributed by atoms with van der Waals surface area (Å²) < 4.78 is 0. The SMILES string of the molecule is Cc1ccc(-c2ccc(CNC(=O)c3ccccc3)c3cnccc23)cc1. The molecule has 0 aliphatic heterocycles. The Hall–Kier alpha value is -3.46. The van der Waals surface area contributed by atoms with Gasteiger partial charge in [0.15, 0.2) is 0 Å². The Kier molecular flexibility index (Phi) is 4.67. The number of carbonyl (C=O) groups excluding carboxylic acids is 1. The topological polar surface area (TPSA) is 42.0 Å². The van der Waals surface area contributed by atoms with Crippen LogP contribution in [0.5, 0.6) is 0 Å². The zero-order valence-electron chi connectivity index (χ0n) is 15.1. The molecular formula is C24H20N2O. The molecule has 0 bridgehead atoms. The minimum absolute atomic E-state index is 0.0738. The van der Waals surface area contributed by atoms with Crippen molar-refractivity contribution in [3.8, 4) is 11.1 Å². The van der Waals surface area contributed by atoms with E-state index >= 15 is 0 Å². The van der Waals surface area contributed by atoms with Gasteiger partial charge in [-0.25, -0.2) is 0 Å². The fourth-order valence-corrected chi connectivity index (χ4v) is 3.25. The molecule has 0 spiro atoms. The number of fused-ring (bicyclic) bond motifs is 1. The zero-order valence-corrected chi connectivity index (χ0v) is 15.1. The Morgan fingerprint density at radius 1 is 0.889 bits per heavy atom. The first-order valence-electron chi connectivity index (χ1n) is 8.98. The van der Waals surface area contributed by atoms with Gasteiger partial charge in [-0.15, -0.1) is 0 Å². The summed E-state index contributed by atoms with van der Waals surface area (Å²) in [6, 6.07) is 24.0. The summed E-state index contributed by atoms with van der Waals surface area (Å²) >= 11 is 0. The van der Waals surface area contributed by atoms with Crippen LogP contribution in [-0.2, 0) is 6.54 Å². The molecule has 0 atom stereocenters. The molecule has 1 amide bonds. The Bertz CT molecular complexity index is 1090. The molecule has 3 aromatic carbocycles. The molecule has 1 N–H and O–H groups in total. The molecule has 0 fully saturated rings. The number of pyridine rings is 1. The lowest BCUT2D eigenvalue weighted by Gasteiger charge is -2.12. The summed E-state index contributed by atoms with van der Waals surface area (Å²) in [4.78, 5) is 16.6. The van der Waals surface area contributed by atoms with Gasteiger partial charge in [0.1, 0.15) is 0 Å². The normalized spacial score (nSPS) is 10.7. The predicted molar refractivity (Wildman–Crippen MR) is 110 cm³/mol. The molecule has 0 saturated carbocycles. The van der Waals surface area contributed by atoms with E-state index in [0.717, 1.165) is 16.3 Å². The van der Waals surface area contributed by atoms with Gasteiger partial charge < -0.3 is 5.32 Å². The maximum absolute atomic E-state index is 12.3. The average molecular weight is 352 g/mol. The number of nitrogens with one attached hydrogen (secondary N) is 1. The molecule has 4 rings (SSSR count). The van der Waals surface area contributed by atoms with Crippen LogP contribution in [0, 0.1) is 6.92 Å². The largest absolute Gasteiger partial charge is 0.348 e. The third-order valence-corrected chi connectivity index (χ3v) is 4.75. The van der Waals surface area contributed by atoms with Crippen molar-refractivity contribution in [3.63, 3.8) is 0 Å². The van der Waals surface area contributed by atoms with E-state index in [9.17, 15) is 4.79 Å². The van der Waals surface area contributed by atoms with Gasteiger partial charge in [0.05, 0.1) is 0 Å². The summed E-state index contributed by atoms with van der Waals surface area (Å²) in [7, 11) is 0. The summed E-state index contributed by atoms with van der Waals surface area (Å²) in [5.74, 6) is -0.0738. The number of nitrogens with zero attached hydrogens (tertiary/aromatic N) is 1. The summed E-state index contributed by atoms with van der Waals surface area (Å²) in [5, 5.41) is 5.21. The average Bonchev–Trinajstić information content (AvgIpc) is 2.73. The van der Waals surface area contributed by atoms with Crippen LogP contribution < -0.4 is 5.32 Å². The van der Waals surface area contributed by atoms with Crippen molar-refractivity contribution in [2.24, 2.45) is 0 Å². The van der Waals surface area contributed by atoms with E-state index in [1.807, 2.05) is 48.8 Å². The molecule has 0 saturated heterocycles. The number of carbonyl (C=O) groups is 1. The molecule has 1 heterocycles. The van der Waals surface area contributed by atoms with Crippen molar-refractivity contribution in [1.82, 2.24) is 10.3 Å². The maximum Gasteiger partial charge on any atom is 0.251 e. The van der Waals surface area contributed by atoms with Crippen LogP contribution >= 0.6 is 0 Å². The molecule has 3 nitrogen and oxygen atoms in total. The van der Waals surface area contributed by atoms with Crippen LogP contribution in [0.2, 0.25) is 0 Å². The summed E-state index contributed by atoms with van der Waals surface area (Å²) in [6.45, 7) is 2.55. The monoisotopic (exact) mass is 352 g/mol. The van der Waals surface area contributed by atoms with Crippen LogP contribution in [0.1, 0.15) is 21.5 Å². The molecule has 27 heavy (non-hydrogen) atoms. The van der Waals surface area contributed by atoms with Gasteiger partial charge in [-0.2, -0.15) is 0 Å². The number of aryl methyl sites for hydroxylation is 1. The van der Waals surface area contributed by atoms with Gasteiger partial charge in [0.2, 0.25) is 0 Å². The number of hydrogen-bond acceptors (Lipinski definition) is 2. The Labute approximate surface area is 158 Å². The van der Waals surface area contributed by atoms with Gasteiger partial charge in [0.25, 0.3) is 5.91 Å². The van der Waals surface area contributed by atoms with Gasteiger partial charge in [-0.1, -0.05) is 60.2 Å². The van der Waals surface area contributed by atoms with Crippen molar-refractivity contribution in [2.75, 3.05) is 0 Å². The van der Waals surface area contributed by atoms with Gasteiger partial charge in [-0.3, -0.25) is 9.78 Å². The van der Waals surface area contributed by atoms with E-state index in [1.165, 1.54) is 16.7 Å². The first-order valence-corrected chi connectivity index (χ1v) is 8.98. The van der Waals surface area contributed by atoms with Crippen molar-refractivity contribution >= 4 is 16.7 Å². The van der Waals surface area contributed by atoms with Crippen LogP contribution in [0.3, 0.4) is 0 Å². The standard InChI is InChI=1S/C24H20N2O/c1-17-7-9-18(10-8-17)21-12-11-20(23-16-25-14-13-22(21)23)15-26-24(27)19-5-3-2-4-6-19/h2-14,16H,15H2,1H3,(H,26,27). The van der Waals surface area contributed by atoms with Crippen molar-refractivity contribution < 1.29 is 4.79 Å². The smallest absolute Gasteiger partial charge is 0.251 e. The fraction of sp³-hybridized carbons (Fsp3) is 0.0833. The van der Waals surface area contributed by atoms with Crippen molar-refractivity contribution in [3.05, 3.63) is 102 Å². The molecule has 3 heteroatoms. The molecular weight excluding hydrogens is 332 g/mol. The Morgan fingerprint density at radius 3 is 2.44 bits per heavy atom. The third kappa shape index (κ3) is 3.58. The highest BCUT2D eigenvalue weighted by Crippen LogP contribution is 2.30. The minimum atomic E-state index is -0.0738. The quantitative estimate of drug-likeness (QED) is 0.552. The summed E-state index contributed by atoms with van der Waals surface area (Å²) in [5.41, 5.74) is 5.31. The summed E-state index contributed by atoms with van der Waals surface area (Å²) in [6.07, 6.45) is 3.68. The Balaban J connectivity index is 1.66. The molecule has 4 aromatic rings. The zero-order chi connectivity index (χ0) is 18.6. The first kappa shape index (κ1) is 17.0. The highest BCUT2D eigenvalue weighted by molar-refractivity contribution is 5.98. The van der Waals surface area contributed by atoms with E-state index in [1.54, 1.807) is 0 Å². The van der Waals surface area contributed by atoms with Crippen LogP contribution in [0.25, 0.3) is 21.9 Å². The second-order valence-electron chi connectivity index (χ2n) is 6.61. The van der Waals surface area contributed by atoms with E-state index in [-0.39, 0.29) is 5.91 Å². The van der Waals surface area contributed by atoms with Gasteiger partial charge in [0, 0.05) is 29.9 Å². The molecule has 0 aliphatic rings. The predicted octanol–water partition coefficient (Wildman–Crippen LogP) is 5.14. The number of rotatable bonds is 4. The van der Waals surface area contributed by atoms with E-state index < -0.39 is 0 Å². The highest BCUT2D eigenvalue weighted by atomic mass is 16.1. The lowest BCUT2D eigenvalue weighted by atomic mass is 9.95. The maximum atomic E-state index is 12.3. The van der Waals surface area contributed by atoms with E-state index in [0.29, 0.717) is 12.1 Å². The van der Waals surface area contributed by atoms with Crippen molar-refractivity contribution in [1.29, 1.82) is 0 Å². The number of amides is 1. The minimum Gasteiger partial charge on any atom is -0.348 e. The Morgan fingerprint density at radius 2 is 1.67 bits per heavy atom. The third-order valence-electron chi connectivity index (χ3n) is 4.75. The van der Waals surface area contributed by atoms with Gasteiger partial charge in [-0.05, 0) is 47.2 Å². The number of hydrogen-bond donors (Lipinski definition) is 1. The van der Waals surface area contributed by atoms with E-state index in [4.69, 9.17) is 0 Å². The fourth-order valence-electron chi connectivity index (χ4n) is 3.25. The number of aromatic nitrogens is 1. The molecule has 0 radical (unpaired) electrons. The lowest BCUT2D eigenvalue weighted by molar-refractivity contribution is 0.0951. The lowest BCUT2D eigenvalue weighted by Crippen LogP contribution is -2.22. The molecule has 0 aliphatic carbocycles. The van der Waals surface area contributed by atoms with Crippen LogP contribution in [0.4, 0.5) is 0 Å². The molecule has 0 unspecified atom stereocenters. The van der Waals surface area contributed by atoms with Crippen molar-refractivity contribution in [2.45, 2.75) is 13.5 Å². The second-order valence-corrected chi connectivity index (χ2v) is 6.61. The first-order chi connectivity index (χ1) is 13.2.